The highest BCUT2D eigenvalue weighted by Crippen LogP contribution is 2.24. The van der Waals surface area contributed by atoms with Crippen LogP contribution >= 0.6 is 0 Å². The number of nitrogens with zero attached hydrogens (tertiary/aromatic N) is 1. The number of ether oxygens (including phenoxy) is 1. The highest BCUT2D eigenvalue weighted by molar-refractivity contribution is 6.00. The number of rotatable bonds is 3. The molecule has 1 atom stereocenters. The zero-order valence-corrected chi connectivity index (χ0v) is 11.3. The molecule has 0 saturated carbocycles. The summed E-state index contributed by atoms with van der Waals surface area (Å²) in [5, 5.41) is 3.20. The van der Waals surface area contributed by atoms with Crippen LogP contribution in [0.4, 0.5) is 0 Å². The van der Waals surface area contributed by atoms with Crippen LogP contribution in [-0.4, -0.2) is 12.9 Å². The summed E-state index contributed by atoms with van der Waals surface area (Å²) < 4.78 is 5.18. The van der Waals surface area contributed by atoms with Gasteiger partial charge in [-0.2, -0.15) is 0 Å². The molecule has 20 heavy (non-hydrogen) atoms. The van der Waals surface area contributed by atoms with Crippen molar-refractivity contribution in [1.82, 2.24) is 5.32 Å². The first kappa shape index (κ1) is 12.5. The molecule has 0 spiro atoms. The molecule has 2 aromatic rings. The minimum atomic E-state index is 0.0392. The second kappa shape index (κ2) is 5.61. The van der Waals surface area contributed by atoms with Crippen molar-refractivity contribution >= 4 is 5.84 Å². The zero-order valence-electron chi connectivity index (χ0n) is 11.3. The van der Waals surface area contributed by atoms with Gasteiger partial charge in [-0.25, -0.2) is 0 Å². The molecule has 0 aromatic heterocycles. The Morgan fingerprint density at radius 1 is 1.00 bits per heavy atom. The Labute approximate surface area is 118 Å². The molecule has 3 rings (SSSR count). The first-order valence-corrected chi connectivity index (χ1v) is 6.57. The lowest BCUT2D eigenvalue weighted by molar-refractivity contribution is 0.414. The molecule has 1 N–H and O–H groups in total. The van der Waals surface area contributed by atoms with E-state index >= 15 is 0 Å². The Kier molecular flexibility index (Phi) is 3.50. The van der Waals surface area contributed by atoms with Gasteiger partial charge in [0.1, 0.15) is 11.6 Å². The lowest BCUT2D eigenvalue weighted by atomic mass is 10.1. The van der Waals surface area contributed by atoms with Crippen LogP contribution in [0.15, 0.2) is 71.9 Å². The van der Waals surface area contributed by atoms with Crippen LogP contribution in [-0.2, 0) is 0 Å². The van der Waals surface area contributed by atoms with E-state index in [2.05, 4.69) is 17.4 Å². The smallest absolute Gasteiger partial charge is 0.133 e. The van der Waals surface area contributed by atoms with Crippen molar-refractivity contribution in [2.24, 2.45) is 4.99 Å². The van der Waals surface area contributed by atoms with Crippen LogP contribution in [0.25, 0.3) is 0 Å². The third-order valence-electron chi connectivity index (χ3n) is 3.27. The van der Waals surface area contributed by atoms with Gasteiger partial charge in [0.05, 0.1) is 13.2 Å². The van der Waals surface area contributed by atoms with Crippen LogP contribution < -0.4 is 10.1 Å². The lowest BCUT2D eigenvalue weighted by Crippen LogP contribution is -2.23. The monoisotopic (exact) mass is 264 g/mol. The number of hydrogen-bond donors (Lipinski definition) is 1. The normalized spacial score (nSPS) is 17.2. The van der Waals surface area contributed by atoms with Gasteiger partial charge in [-0.3, -0.25) is 4.99 Å². The van der Waals surface area contributed by atoms with Crippen LogP contribution in [0.5, 0.6) is 5.75 Å². The van der Waals surface area contributed by atoms with Crippen molar-refractivity contribution < 1.29 is 4.74 Å². The second-order valence-corrected chi connectivity index (χ2v) is 4.57. The summed E-state index contributed by atoms with van der Waals surface area (Å²) in [7, 11) is 1.67. The van der Waals surface area contributed by atoms with E-state index in [4.69, 9.17) is 9.73 Å². The molecule has 3 heteroatoms. The molecule has 3 nitrogen and oxygen atoms in total. The van der Waals surface area contributed by atoms with Gasteiger partial charge in [0.25, 0.3) is 0 Å². The van der Waals surface area contributed by atoms with E-state index in [0.29, 0.717) is 0 Å². The van der Waals surface area contributed by atoms with Gasteiger partial charge in [0.15, 0.2) is 0 Å². The minimum Gasteiger partial charge on any atom is -0.497 e. The molecule has 0 fully saturated rings. The maximum Gasteiger partial charge on any atom is 0.133 e. The molecule has 0 bridgehead atoms. The fraction of sp³-hybridized carbons (Fsp3) is 0.118. The lowest BCUT2D eigenvalue weighted by Gasteiger charge is -2.17. The topological polar surface area (TPSA) is 33.6 Å². The number of hydrogen-bond acceptors (Lipinski definition) is 3. The molecule has 0 saturated heterocycles. The fourth-order valence-corrected chi connectivity index (χ4v) is 2.18. The van der Waals surface area contributed by atoms with Gasteiger partial charge in [-0.05, 0) is 23.8 Å². The van der Waals surface area contributed by atoms with E-state index in [1.165, 1.54) is 0 Å². The molecule has 1 heterocycles. The molecule has 100 valence electrons. The highest BCUT2D eigenvalue weighted by atomic mass is 16.5. The highest BCUT2D eigenvalue weighted by Gasteiger charge is 2.13. The average Bonchev–Trinajstić information content (AvgIpc) is 2.56. The van der Waals surface area contributed by atoms with Gasteiger partial charge in [-0.1, -0.05) is 42.5 Å². The standard InChI is InChI=1S/C17H16N2O/c1-20-15-9-7-13(8-10-15)16-11-12-18-17(19-16)14-5-3-2-4-6-14/h2-12,16H,1H3,(H,18,19). The Morgan fingerprint density at radius 2 is 1.75 bits per heavy atom. The first-order chi connectivity index (χ1) is 9.86. The maximum atomic E-state index is 5.18. The molecule has 2 aromatic carbocycles. The largest absolute Gasteiger partial charge is 0.497 e. The fourth-order valence-electron chi connectivity index (χ4n) is 2.18. The van der Waals surface area contributed by atoms with Crippen LogP contribution in [0, 0.1) is 0 Å². The van der Waals surface area contributed by atoms with Gasteiger partial charge in [-0.15, -0.1) is 0 Å². The molecule has 1 aliphatic rings. The zero-order chi connectivity index (χ0) is 13.8. The van der Waals surface area contributed by atoms with E-state index in [0.717, 1.165) is 22.7 Å². The summed E-state index contributed by atoms with van der Waals surface area (Å²) in [4.78, 5) is 4.76. The van der Waals surface area contributed by atoms with E-state index in [9.17, 15) is 0 Å². The van der Waals surface area contributed by atoms with Crippen LogP contribution in [0.3, 0.4) is 0 Å². The van der Waals surface area contributed by atoms with E-state index in [1.807, 2.05) is 54.7 Å². The Balaban J connectivity index is 1.88. The van der Waals surface area contributed by atoms with Gasteiger partial charge in [0, 0.05) is 11.8 Å². The Bertz CT molecular complexity index is 630. The maximum absolute atomic E-state index is 5.18. The average molecular weight is 264 g/mol. The predicted octanol–water partition coefficient (Wildman–Crippen LogP) is 3.30. The number of amidine groups is 1. The predicted molar refractivity (Wildman–Crippen MR) is 81.0 cm³/mol. The number of benzene rings is 2. The summed E-state index contributed by atoms with van der Waals surface area (Å²) in [5.41, 5.74) is 2.24. The van der Waals surface area contributed by atoms with Crippen molar-refractivity contribution in [2.45, 2.75) is 6.04 Å². The Morgan fingerprint density at radius 3 is 2.45 bits per heavy atom. The quantitative estimate of drug-likeness (QED) is 0.922. The van der Waals surface area contributed by atoms with Gasteiger partial charge < -0.3 is 10.1 Å². The first-order valence-electron chi connectivity index (χ1n) is 6.57. The number of aliphatic imine (C=N–C) groups is 1. The molecule has 0 radical (unpaired) electrons. The second-order valence-electron chi connectivity index (χ2n) is 4.57. The molecular weight excluding hydrogens is 248 g/mol. The van der Waals surface area contributed by atoms with Crippen molar-refractivity contribution in [3.63, 3.8) is 0 Å². The van der Waals surface area contributed by atoms with E-state index < -0.39 is 0 Å². The summed E-state index contributed by atoms with van der Waals surface area (Å²) in [6.45, 7) is 0. The third-order valence-corrected chi connectivity index (χ3v) is 3.27. The van der Waals surface area contributed by atoms with E-state index in [-0.39, 0.29) is 6.04 Å². The van der Waals surface area contributed by atoms with Gasteiger partial charge in [0.2, 0.25) is 0 Å². The van der Waals surface area contributed by atoms with Crippen molar-refractivity contribution in [2.75, 3.05) is 7.11 Å². The van der Waals surface area contributed by atoms with Crippen molar-refractivity contribution in [1.29, 1.82) is 0 Å². The SMILES string of the molecule is COc1ccc(C2C=CNC(c3ccccc3)=N2)cc1. The summed E-state index contributed by atoms with van der Waals surface area (Å²) in [6, 6.07) is 18.2. The van der Waals surface area contributed by atoms with Crippen molar-refractivity contribution in [3.05, 3.63) is 78.0 Å². The summed E-state index contributed by atoms with van der Waals surface area (Å²) in [6.07, 6.45) is 4.00. The van der Waals surface area contributed by atoms with Crippen molar-refractivity contribution in [3.8, 4) is 5.75 Å². The van der Waals surface area contributed by atoms with Crippen LogP contribution in [0.2, 0.25) is 0 Å². The summed E-state index contributed by atoms with van der Waals surface area (Å²) >= 11 is 0. The molecule has 0 amide bonds. The molecule has 0 aliphatic carbocycles. The molecular formula is C17H16N2O. The van der Waals surface area contributed by atoms with E-state index in [1.54, 1.807) is 7.11 Å². The Hall–Kier alpha value is -2.55. The number of nitrogens with one attached hydrogen (secondary N) is 1. The van der Waals surface area contributed by atoms with Crippen LogP contribution in [0.1, 0.15) is 17.2 Å². The minimum absolute atomic E-state index is 0.0392. The molecule has 1 unspecified atom stereocenters. The number of methoxy groups -OCH3 is 1. The van der Waals surface area contributed by atoms with Gasteiger partial charge >= 0.3 is 0 Å². The third kappa shape index (κ3) is 2.57. The summed E-state index contributed by atoms with van der Waals surface area (Å²) in [5.74, 6) is 1.76. The molecule has 1 aliphatic heterocycles.